The minimum Gasteiger partial charge on any atom is -0.492 e. The third kappa shape index (κ3) is 5.38. The van der Waals surface area contributed by atoms with E-state index >= 15 is 0 Å². The van der Waals surface area contributed by atoms with Crippen molar-refractivity contribution in [3.05, 3.63) is 54.4 Å². The molecule has 0 aliphatic heterocycles. The maximum atomic E-state index is 13.3. The van der Waals surface area contributed by atoms with Gasteiger partial charge in [-0.15, -0.1) is 20.4 Å². The molecule has 4 aromatic heterocycles. The number of halogens is 1. The Labute approximate surface area is 208 Å². The normalized spacial score (nSPS) is 12.0. The number of rotatable bonds is 9. The molecular formula is C22H21FN10O3. The number of amides is 1. The van der Waals surface area contributed by atoms with Crippen molar-refractivity contribution in [1.82, 2.24) is 40.7 Å². The van der Waals surface area contributed by atoms with Crippen molar-refractivity contribution in [3.8, 4) is 23.0 Å². The van der Waals surface area contributed by atoms with E-state index in [1.54, 1.807) is 18.2 Å². The van der Waals surface area contributed by atoms with Crippen LogP contribution in [0.5, 0.6) is 11.6 Å². The van der Waals surface area contributed by atoms with E-state index in [1.807, 2.05) is 12.2 Å². The van der Waals surface area contributed by atoms with E-state index in [2.05, 4.69) is 46.0 Å². The van der Waals surface area contributed by atoms with Crippen molar-refractivity contribution in [2.24, 2.45) is 0 Å². The fourth-order valence-electron chi connectivity index (χ4n) is 3.02. The van der Waals surface area contributed by atoms with Crippen molar-refractivity contribution in [3.63, 3.8) is 0 Å². The van der Waals surface area contributed by atoms with Crippen molar-refractivity contribution in [2.75, 3.05) is 31.3 Å². The Morgan fingerprint density at radius 3 is 2.56 bits per heavy atom. The SMILES string of the molecule is [2H]C([2H])([2H])NC(=O)c1nnc(Nc2ccc(OCC)nn2)cc1Nc1nccc(-c2ncc(F)cn2)c1OC. The van der Waals surface area contributed by atoms with Crippen LogP contribution >= 0.6 is 0 Å². The molecule has 0 unspecified atom stereocenters. The highest BCUT2D eigenvalue weighted by Crippen LogP contribution is 2.35. The van der Waals surface area contributed by atoms with Crippen LogP contribution in [-0.4, -0.2) is 61.9 Å². The molecule has 4 rings (SSSR count). The molecule has 13 nitrogen and oxygen atoms in total. The lowest BCUT2D eigenvalue weighted by Crippen LogP contribution is -2.21. The van der Waals surface area contributed by atoms with Gasteiger partial charge in [-0.05, 0) is 19.1 Å². The van der Waals surface area contributed by atoms with Gasteiger partial charge in [0.2, 0.25) is 5.88 Å². The Balaban J connectivity index is 1.72. The van der Waals surface area contributed by atoms with Gasteiger partial charge in [0.15, 0.2) is 40.5 Å². The summed E-state index contributed by atoms with van der Waals surface area (Å²) in [5.41, 5.74) is 0.0476. The molecule has 0 atom stereocenters. The van der Waals surface area contributed by atoms with E-state index in [0.29, 0.717) is 23.9 Å². The summed E-state index contributed by atoms with van der Waals surface area (Å²) in [6.45, 7) is -0.539. The molecule has 4 aromatic rings. The molecule has 0 aromatic carbocycles. The number of aromatic nitrogens is 7. The second-order valence-electron chi connectivity index (χ2n) is 6.85. The quantitative estimate of drug-likeness (QED) is 0.311. The molecule has 0 aliphatic carbocycles. The molecule has 4 heterocycles. The van der Waals surface area contributed by atoms with Crippen molar-refractivity contribution in [1.29, 1.82) is 0 Å². The molecule has 3 N–H and O–H groups in total. The fourth-order valence-corrected chi connectivity index (χ4v) is 3.02. The van der Waals surface area contributed by atoms with Crippen molar-refractivity contribution < 1.29 is 22.8 Å². The van der Waals surface area contributed by atoms with Gasteiger partial charge in [-0.3, -0.25) is 4.79 Å². The van der Waals surface area contributed by atoms with Crippen LogP contribution in [0.2, 0.25) is 0 Å². The largest absolute Gasteiger partial charge is 0.492 e. The highest BCUT2D eigenvalue weighted by molar-refractivity contribution is 5.98. The first kappa shape index (κ1) is 20.4. The Kier molecular flexibility index (Phi) is 6.19. The van der Waals surface area contributed by atoms with E-state index in [0.717, 1.165) is 12.4 Å². The van der Waals surface area contributed by atoms with Gasteiger partial charge in [-0.1, -0.05) is 0 Å². The average molecular weight is 495 g/mol. The summed E-state index contributed by atoms with van der Waals surface area (Å²) in [5, 5.41) is 23.5. The minimum absolute atomic E-state index is 0.0242. The van der Waals surface area contributed by atoms with E-state index in [-0.39, 0.29) is 34.6 Å². The number of carbonyl (C=O) groups excluding carboxylic acids is 1. The summed E-state index contributed by atoms with van der Waals surface area (Å²) < 4.78 is 46.2. The number of methoxy groups -OCH3 is 1. The molecule has 0 bridgehead atoms. The van der Waals surface area contributed by atoms with Crippen molar-refractivity contribution in [2.45, 2.75) is 6.92 Å². The zero-order valence-electron chi connectivity index (χ0n) is 22.0. The first-order valence-electron chi connectivity index (χ1n) is 11.9. The van der Waals surface area contributed by atoms with Crippen LogP contribution in [0.25, 0.3) is 11.4 Å². The van der Waals surface area contributed by atoms with Gasteiger partial charge < -0.3 is 25.4 Å². The summed E-state index contributed by atoms with van der Waals surface area (Å²) in [6, 6.07) is 6.14. The number of hydrogen-bond donors (Lipinski definition) is 3. The van der Waals surface area contributed by atoms with E-state index in [1.165, 1.54) is 19.4 Å². The summed E-state index contributed by atoms with van der Waals surface area (Å²) in [6.07, 6.45) is 3.42. The molecule has 0 aliphatic rings. The lowest BCUT2D eigenvalue weighted by atomic mass is 10.2. The number of hydrogen-bond acceptors (Lipinski definition) is 12. The van der Waals surface area contributed by atoms with Crippen LogP contribution in [0, 0.1) is 5.82 Å². The predicted octanol–water partition coefficient (Wildman–Crippen LogP) is 2.51. The maximum absolute atomic E-state index is 13.3. The van der Waals surface area contributed by atoms with Crippen LogP contribution in [0.3, 0.4) is 0 Å². The predicted molar refractivity (Wildman–Crippen MR) is 127 cm³/mol. The molecule has 36 heavy (non-hydrogen) atoms. The highest BCUT2D eigenvalue weighted by atomic mass is 19.1. The summed E-state index contributed by atoms with van der Waals surface area (Å²) in [4.78, 5) is 24.9. The van der Waals surface area contributed by atoms with Gasteiger partial charge in [0.1, 0.15) is 0 Å². The Morgan fingerprint density at radius 2 is 1.86 bits per heavy atom. The zero-order valence-corrected chi connectivity index (χ0v) is 19.0. The summed E-state index contributed by atoms with van der Waals surface area (Å²) in [5.74, 6) is -0.451. The fraction of sp³-hybridized carbons (Fsp3) is 0.182. The number of carbonyl (C=O) groups is 1. The molecule has 0 spiro atoms. The molecule has 184 valence electrons. The highest BCUT2D eigenvalue weighted by Gasteiger charge is 2.19. The number of pyridine rings is 1. The lowest BCUT2D eigenvalue weighted by Gasteiger charge is -2.15. The van der Waals surface area contributed by atoms with Gasteiger partial charge in [-0.25, -0.2) is 19.3 Å². The van der Waals surface area contributed by atoms with Gasteiger partial charge in [0.25, 0.3) is 5.91 Å². The second kappa shape index (κ2) is 10.9. The number of ether oxygens (including phenoxy) is 2. The number of anilines is 4. The maximum Gasteiger partial charge on any atom is 0.273 e. The molecule has 0 saturated carbocycles. The van der Waals surface area contributed by atoms with Crippen LogP contribution < -0.4 is 25.4 Å². The van der Waals surface area contributed by atoms with E-state index in [9.17, 15) is 9.18 Å². The Morgan fingerprint density at radius 1 is 1.06 bits per heavy atom. The van der Waals surface area contributed by atoms with Gasteiger partial charge in [0, 0.05) is 29.4 Å². The minimum atomic E-state index is -2.78. The first-order chi connectivity index (χ1) is 18.7. The number of nitrogens with zero attached hydrogens (tertiary/aromatic N) is 7. The molecule has 14 heteroatoms. The Bertz CT molecular complexity index is 1460. The van der Waals surface area contributed by atoms with Crippen LogP contribution in [0.1, 0.15) is 21.5 Å². The summed E-state index contributed by atoms with van der Waals surface area (Å²) >= 11 is 0. The second-order valence-corrected chi connectivity index (χ2v) is 6.85. The third-order valence-electron chi connectivity index (χ3n) is 4.53. The first-order valence-corrected chi connectivity index (χ1v) is 10.4. The molecule has 1 amide bonds. The van der Waals surface area contributed by atoms with Crippen LogP contribution in [0.15, 0.2) is 42.9 Å². The van der Waals surface area contributed by atoms with Gasteiger partial charge >= 0.3 is 0 Å². The third-order valence-corrected chi connectivity index (χ3v) is 4.53. The molecule has 0 fully saturated rings. The van der Waals surface area contributed by atoms with Crippen LogP contribution in [-0.2, 0) is 0 Å². The van der Waals surface area contributed by atoms with Crippen LogP contribution in [0.4, 0.5) is 27.5 Å². The molecule has 0 saturated heterocycles. The monoisotopic (exact) mass is 495 g/mol. The van der Waals surface area contributed by atoms with Gasteiger partial charge in [-0.2, -0.15) is 0 Å². The van der Waals surface area contributed by atoms with E-state index in [4.69, 9.17) is 13.6 Å². The molecule has 0 radical (unpaired) electrons. The number of nitrogens with one attached hydrogen (secondary N) is 3. The van der Waals surface area contributed by atoms with Crippen molar-refractivity contribution >= 4 is 29.0 Å². The van der Waals surface area contributed by atoms with Gasteiger partial charge in [0.05, 0.1) is 37.4 Å². The molecular weight excluding hydrogens is 471 g/mol. The zero-order chi connectivity index (χ0) is 28.0. The average Bonchev–Trinajstić information content (AvgIpc) is 2.89. The smallest absolute Gasteiger partial charge is 0.273 e. The lowest BCUT2D eigenvalue weighted by molar-refractivity contribution is 0.0958. The standard InChI is InChI=1S/C22H21FN10O3/c1-4-36-17-6-5-15(30-32-17)29-16-9-14(18(33-31-16)22(34)24-2)28-21-19(35-3)13(7-8-25-21)20-26-10-12(23)11-27-20/h5-11H,4H2,1-3H3,(H,24,34)(H2,25,28,29,30,31)/i2D3. The Hall–Kier alpha value is -5.01. The van der Waals surface area contributed by atoms with E-state index < -0.39 is 18.7 Å². The summed E-state index contributed by atoms with van der Waals surface area (Å²) in [7, 11) is 1.37. The topological polar surface area (TPSA) is 162 Å².